The maximum absolute atomic E-state index is 12.7. The van der Waals surface area contributed by atoms with Crippen LogP contribution in [0.15, 0.2) is 71.5 Å². The predicted octanol–water partition coefficient (Wildman–Crippen LogP) is 5.08. The van der Waals surface area contributed by atoms with Crippen LogP contribution < -0.4 is 10.4 Å². The third-order valence-electron chi connectivity index (χ3n) is 5.65. The van der Waals surface area contributed by atoms with Crippen molar-refractivity contribution in [1.29, 1.82) is 5.26 Å². The Balaban J connectivity index is 1.49. The number of hydrogen-bond acceptors (Lipinski definition) is 3. The molecule has 5 nitrogen and oxygen atoms in total. The number of fused-ring (bicyclic) bond motifs is 1. The Labute approximate surface area is 174 Å². The molecule has 0 spiro atoms. The highest BCUT2D eigenvalue weighted by Crippen LogP contribution is 2.33. The third-order valence-corrected chi connectivity index (χ3v) is 5.65. The molecule has 0 bridgehead atoms. The monoisotopic (exact) mass is 395 g/mol. The highest BCUT2D eigenvalue weighted by atomic mass is 16.5. The molecule has 1 saturated carbocycles. The van der Waals surface area contributed by atoms with E-state index >= 15 is 0 Å². The lowest BCUT2D eigenvalue weighted by Crippen LogP contribution is -2.22. The molecule has 0 amide bonds. The molecule has 1 aliphatic carbocycles. The number of hydrogen-bond donors (Lipinski definition) is 0. The zero-order chi connectivity index (χ0) is 20.7. The number of aromatic nitrogens is 2. The summed E-state index contributed by atoms with van der Waals surface area (Å²) >= 11 is 0. The molecule has 30 heavy (non-hydrogen) atoms. The second kappa shape index (κ2) is 7.23. The largest absolute Gasteiger partial charge is 0.457 e. The van der Waals surface area contributed by atoms with Crippen molar-refractivity contribution in [3.8, 4) is 28.7 Å². The van der Waals surface area contributed by atoms with E-state index in [4.69, 9.17) is 10.00 Å². The van der Waals surface area contributed by atoms with Crippen LogP contribution in [-0.4, -0.2) is 9.13 Å². The smallest absolute Gasteiger partial charge is 0.328 e. The SMILES string of the molecule is Cn1c(=O)n(CC2CC2)c2ccc(-c3cccc(Oc4cccc(C#N)c4)c3)cc21. The van der Waals surface area contributed by atoms with Gasteiger partial charge in [-0.15, -0.1) is 0 Å². The molecule has 0 aliphatic heterocycles. The fraction of sp³-hybridized carbons (Fsp3) is 0.200. The summed E-state index contributed by atoms with van der Waals surface area (Å²) in [5, 5.41) is 9.07. The van der Waals surface area contributed by atoms with Gasteiger partial charge >= 0.3 is 5.69 Å². The zero-order valence-electron chi connectivity index (χ0n) is 16.7. The second-order valence-electron chi connectivity index (χ2n) is 7.87. The minimum absolute atomic E-state index is 0.0449. The Hall–Kier alpha value is -3.78. The van der Waals surface area contributed by atoms with E-state index in [9.17, 15) is 4.79 Å². The van der Waals surface area contributed by atoms with Crippen molar-refractivity contribution in [1.82, 2.24) is 9.13 Å². The lowest BCUT2D eigenvalue weighted by atomic mass is 10.0. The van der Waals surface area contributed by atoms with Crippen molar-refractivity contribution < 1.29 is 4.74 Å². The normalized spacial score (nSPS) is 13.3. The summed E-state index contributed by atoms with van der Waals surface area (Å²) in [6, 6.07) is 23.2. The molecule has 1 aromatic heterocycles. The van der Waals surface area contributed by atoms with Gasteiger partial charge in [0, 0.05) is 13.6 Å². The van der Waals surface area contributed by atoms with Crippen LogP contribution in [0.3, 0.4) is 0 Å². The van der Waals surface area contributed by atoms with Crippen LogP contribution in [0, 0.1) is 17.2 Å². The van der Waals surface area contributed by atoms with Crippen LogP contribution in [0.4, 0.5) is 0 Å². The van der Waals surface area contributed by atoms with E-state index in [2.05, 4.69) is 18.2 Å². The van der Waals surface area contributed by atoms with Crippen molar-refractivity contribution in [2.24, 2.45) is 13.0 Å². The number of nitrogens with zero attached hydrogens (tertiary/aromatic N) is 3. The van der Waals surface area contributed by atoms with E-state index in [1.54, 1.807) is 22.8 Å². The summed E-state index contributed by atoms with van der Waals surface area (Å²) in [4.78, 5) is 12.7. The molecule has 0 saturated heterocycles. The molecule has 0 radical (unpaired) electrons. The molecular formula is C25H21N3O2. The number of ether oxygens (including phenoxy) is 1. The van der Waals surface area contributed by atoms with Gasteiger partial charge in [0.1, 0.15) is 11.5 Å². The van der Waals surface area contributed by atoms with Crippen molar-refractivity contribution in [3.63, 3.8) is 0 Å². The minimum atomic E-state index is 0.0449. The molecule has 0 atom stereocenters. The number of aryl methyl sites for hydroxylation is 1. The molecule has 1 heterocycles. The standard InChI is InChI=1S/C25H21N3O2/c1-27-24-14-20(10-11-23(24)28(25(27)29)16-17-8-9-17)19-5-3-7-22(13-19)30-21-6-2-4-18(12-21)15-26/h2-7,10-14,17H,8-9,16H2,1H3. The molecule has 3 aromatic carbocycles. The summed E-state index contributed by atoms with van der Waals surface area (Å²) in [6.45, 7) is 0.806. The van der Waals surface area contributed by atoms with Crippen LogP contribution in [0.2, 0.25) is 0 Å². The Kier molecular flexibility index (Phi) is 4.40. The summed E-state index contributed by atoms with van der Waals surface area (Å²) in [6.07, 6.45) is 2.43. The lowest BCUT2D eigenvalue weighted by molar-refractivity contribution is 0.483. The van der Waals surface area contributed by atoms with E-state index in [0.717, 1.165) is 28.7 Å². The topological polar surface area (TPSA) is 59.9 Å². The first-order valence-electron chi connectivity index (χ1n) is 10.1. The fourth-order valence-corrected chi connectivity index (χ4v) is 3.83. The molecule has 4 aromatic rings. The van der Waals surface area contributed by atoms with Gasteiger partial charge in [-0.2, -0.15) is 5.26 Å². The van der Waals surface area contributed by atoms with Crippen LogP contribution in [0.25, 0.3) is 22.2 Å². The van der Waals surface area contributed by atoms with Gasteiger partial charge in [0.2, 0.25) is 0 Å². The molecular weight excluding hydrogens is 374 g/mol. The summed E-state index contributed by atoms with van der Waals surface area (Å²) < 4.78 is 9.59. The molecule has 148 valence electrons. The molecule has 5 heteroatoms. The molecule has 0 N–H and O–H groups in total. The second-order valence-corrected chi connectivity index (χ2v) is 7.87. The van der Waals surface area contributed by atoms with E-state index in [1.807, 2.05) is 48.0 Å². The van der Waals surface area contributed by atoms with Crippen LogP contribution in [-0.2, 0) is 13.6 Å². The summed E-state index contributed by atoms with van der Waals surface area (Å²) in [5.41, 5.74) is 4.56. The van der Waals surface area contributed by atoms with E-state index in [0.29, 0.717) is 23.0 Å². The minimum Gasteiger partial charge on any atom is -0.457 e. The lowest BCUT2D eigenvalue weighted by Gasteiger charge is -2.09. The summed E-state index contributed by atoms with van der Waals surface area (Å²) in [5.74, 6) is 1.96. The van der Waals surface area contributed by atoms with Crippen molar-refractivity contribution in [2.45, 2.75) is 19.4 Å². The third kappa shape index (κ3) is 3.37. The van der Waals surface area contributed by atoms with Gasteiger partial charge in [-0.3, -0.25) is 9.13 Å². The first-order valence-corrected chi connectivity index (χ1v) is 10.1. The van der Waals surface area contributed by atoms with Gasteiger partial charge in [-0.25, -0.2) is 4.79 Å². The number of benzene rings is 3. The first kappa shape index (κ1) is 18.3. The average molecular weight is 395 g/mol. The van der Waals surface area contributed by atoms with Crippen LogP contribution in [0.1, 0.15) is 18.4 Å². The Bertz CT molecular complexity index is 1350. The Morgan fingerprint density at radius 1 is 0.967 bits per heavy atom. The maximum Gasteiger partial charge on any atom is 0.328 e. The Morgan fingerprint density at radius 3 is 2.47 bits per heavy atom. The molecule has 1 fully saturated rings. The van der Waals surface area contributed by atoms with Gasteiger partial charge < -0.3 is 4.74 Å². The average Bonchev–Trinajstić information content (AvgIpc) is 3.57. The number of nitriles is 1. The molecule has 1 aliphatic rings. The van der Waals surface area contributed by atoms with Crippen molar-refractivity contribution >= 4 is 11.0 Å². The maximum atomic E-state index is 12.7. The van der Waals surface area contributed by atoms with E-state index in [-0.39, 0.29) is 5.69 Å². The first-order chi connectivity index (χ1) is 14.6. The number of imidazole rings is 1. The summed E-state index contributed by atoms with van der Waals surface area (Å²) in [7, 11) is 1.83. The molecule has 5 rings (SSSR count). The highest BCUT2D eigenvalue weighted by molar-refractivity contribution is 5.83. The zero-order valence-corrected chi connectivity index (χ0v) is 16.7. The van der Waals surface area contributed by atoms with Gasteiger partial charge in [-0.1, -0.05) is 24.3 Å². The van der Waals surface area contributed by atoms with Gasteiger partial charge in [0.25, 0.3) is 0 Å². The quantitative estimate of drug-likeness (QED) is 0.473. The fourth-order valence-electron chi connectivity index (χ4n) is 3.83. The van der Waals surface area contributed by atoms with E-state index < -0.39 is 0 Å². The van der Waals surface area contributed by atoms with Crippen molar-refractivity contribution in [2.75, 3.05) is 0 Å². The van der Waals surface area contributed by atoms with Gasteiger partial charge in [-0.05, 0) is 72.4 Å². The highest BCUT2D eigenvalue weighted by Gasteiger charge is 2.24. The number of rotatable bonds is 5. The predicted molar refractivity (Wildman–Crippen MR) is 117 cm³/mol. The molecule has 0 unspecified atom stereocenters. The van der Waals surface area contributed by atoms with Crippen LogP contribution >= 0.6 is 0 Å². The van der Waals surface area contributed by atoms with Gasteiger partial charge in [0.05, 0.1) is 22.7 Å². The van der Waals surface area contributed by atoms with Crippen LogP contribution in [0.5, 0.6) is 11.5 Å². The van der Waals surface area contributed by atoms with Crippen molar-refractivity contribution in [3.05, 3.63) is 82.8 Å². The van der Waals surface area contributed by atoms with Gasteiger partial charge in [0.15, 0.2) is 0 Å². The Morgan fingerprint density at radius 2 is 1.70 bits per heavy atom. The van der Waals surface area contributed by atoms with E-state index in [1.165, 1.54) is 12.8 Å².